The third kappa shape index (κ3) is 6.17. The number of carbonyl (C=O) groups is 2. The van der Waals surface area contributed by atoms with Crippen molar-refractivity contribution in [2.45, 2.75) is 49.4 Å². The van der Waals surface area contributed by atoms with Crippen LogP contribution in [0.2, 0.25) is 0 Å². The highest BCUT2D eigenvalue weighted by Gasteiger charge is 2.54. The van der Waals surface area contributed by atoms with Gasteiger partial charge in [-0.15, -0.1) is 0 Å². The number of aromatic amines is 1. The smallest absolute Gasteiger partial charge is 0.261 e. The molecule has 1 spiro atoms. The maximum atomic E-state index is 14.3. The number of amides is 2. The highest BCUT2D eigenvalue weighted by molar-refractivity contribution is 7.91. The predicted molar refractivity (Wildman–Crippen MR) is 198 cm³/mol. The summed E-state index contributed by atoms with van der Waals surface area (Å²) in [4.78, 5) is 47.2. The molecule has 12 heteroatoms. The molecule has 2 aromatic heterocycles. The molecule has 6 heterocycles. The third-order valence-electron chi connectivity index (χ3n) is 11.3. The Morgan fingerprint density at radius 1 is 1.00 bits per heavy atom. The summed E-state index contributed by atoms with van der Waals surface area (Å²) in [6, 6.07) is 18.6. The molecule has 1 atom stereocenters. The van der Waals surface area contributed by atoms with Crippen molar-refractivity contribution < 1.29 is 22.7 Å². The van der Waals surface area contributed by atoms with Crippen LogP contribution in [-0.4, -0.2) is 104 Å². The largest absolute Gasteiger partial charge is 0.381 e. The van der Waals surface area contributed by atoms with Gasteiger partial charge in [-0.2, -0.15) is 0 Å². The summed E-state index contributed by atoms with van der Waals surface area (Å²) in [5, 5.41) is 0.582. The number of piperidine rings is 1. The van der Waals surface area contributed by atoms with E-state index < -0.39 is 15.4 Å². The Hall–Kier alpha value is -4.39. The molecule has 0 bridgehead atoms. The van der Waals surface area contributed by atoms with Crippen molar-refractivity contribution in [2.75, 3.05) is 57.6 Å². The maximum absolute atomic E-state index is 14.3. The molecule has 2 fully saturated rings. The number of H-pyrrole nitrogens is 1. The van der Waals surface area contributed by atoms with Gasteiger partial charge >= 0.3 is 0 Å². The summed E-state index contributed by atoms with van der Waals surface area (Å²) in [6.07, 6.45) is 8.32. The van der Waals surface area contributed by atoms with Crippen molar-refractivity contribution in [1.29, 1.82) is 0 Å². The lowest BCUT2D eigenvalue weighted by atomic mass is 9.85. The van der Waals surface area contributed by atoms with Crippen LogP contribution in [0.1, 0.15) is 43.2 Å². The molecule has 8 rings (SSSR count). The van der Waals surface area contributed by atoms with Crippen LogP contribution in [0.3, 0.4) is 0 Å². The van der Waals surface area contributed by atoms with Crippen molar-refractivity contribution in [3.63, 3.8) is 0 Å². The number of hydrogen-bond donors (Lipinski definition) is 1. The molecule has 2 saturated heterocycles. The molecule has 0 aliphatic carbocycles. The Kier molecular flexibility index (Phi) is 8.80. The van der Waals surface area contributed by atoms with Crippen molar-refractivity contribution in [3.8, 4) is 22.4 Å². The van der Waals surface area contributed by atoms with Gasteiger partial charge < -0.3 is 19.5 Å². The average Bonchev–Trinajstić information content (AvgIpc) is 3.62. The van der Waals surface area contributed by atoms with Crippen molar-refractivity contribution >= 4 is 44.6 Å². The summed E-state index contributed by atoms with van der Waals surface area (Å²) in [5.41, 5.74) is 5.78. The first-order chi connectivity index (χ1) is 24.6. The topological polar surface area (TPSA) is 128 Å². The van der Waals surface area contributed by atoms with Crippen LogP contribution in [0, 0.1) is 5.92 Å². The summed E-state index contributed by atoms with van der Waals surface area (Å²) < 4.78 is 29.6. The van der Waals surface area contributed by atoms with Crippen LogP contribution in [0.25, 0.3) is 33.4 Å². The number of likely N-dealkylation sites (N-methyl/N-ethyl adjacent to an activating group) is 1. The van der Waals surface area contributed by atoms with E-state index in [2.05, 4.69) is 46.3 Å². The first-order valence-corrected chi connectivity index (χ1v) is 19.9. The Bertz CT molecular complexity index is 2100. The zero-order valence-corrected chi connectivity index (χ0v) is 30.0. The van der Waals surface area contributed by atoms with E-state index in [-0.39, 0.29) is 29.5 Å². The Morgan fingerprint density at radius 3 is 2.43 bits per heavy atom. The molecule has 266 valence electrons. The molecule has 51 heavy (non-hydrogen) atoms. The number of sulfone groups is 1. The zero-order valence-electron chi connectivity index (χ0n) is 29.2. The van der Waals surface area contributed by atoms with Crippen LogP contribution in [0.15, 0.2) is 65.8 Å². The van der Waals surface area contributed by atoms with E-state index in [0.717, 1.165) is 71.4 Å². The second kappa shape index (κ2) is 13.3. The number of nitrogens with zero attached hydrogens (tertiary/aromatic N) is 5. The molecule has 0 saturated carbocycles. The fraction of sp³-hybridized carbons (Fsp3) is 0.436. The molecule has 2 aromatic carbocycles. The summed E-state index contributed by atoms with van der Waals surface area (Å²) in [6.45, 7) is 4.17. The minimum Gasteiger partial charge on any atom is -0.381 e. The first-order valence-electron chi connectivity index (χ1n) is 17.9. The summed E-state index contributed by atoms with van der Waals surface area (Å²) in [7, 11) is -1.25. The van der Waals surface area contributed by atoms with Gasteiger partial charge in [0.05, 0.1) is 35.9 Å². The van der Waals surface area contributed by atoms with Gasteiger partial charge in [0.15, 0.2) is 5.54 Å². The molecule has 1 N–H and O–H groups in total. The molecular weight excluding hydrogens is 665 g/mol. The number of anilines is 1. The van der Waals surface area contributed by atoms with Crippen molar-refractivity contribution in [1.82, 2.24) is 19.8 Å². The SMILES string of the molecule is CN1C(=O)C2(CN(C(=O)CC3CCOCC3)CC=N2)c2c1cnc1[nH]c(-c3ccc(CN4CCC(S(C)(=O)=O)CC4)cc3)c(-c3ccccc3)c21. The van der Waals surface area contributed by atoms with E-state index in [1.54, 1.807) is 29.3 Å². The fourth-order valence-electron chi connectivity index (χ4n) is 8.41. The highest BCUT2D eigenvalue weighted by Crippen LogP contribution is 2.51. The van der Waals surface area contributed by atoms with Crippen molar-refractivity contribution in [3.05, 3.63) is 71.9 Å². The number of nitrogens with one attached hydrogen (secondary N) is 1. The number of aliphatic imine (C=N–C) groups is 1. The number of rotatable bonds is 7. The lowest BCUT2D eigenvalue weighted by molar-refractivity contribution is -0.134. The molecule has 0 radical (unpaired) electrons. The van der Waals surface area contributed by atoms with E-state index in [1.807, 2.05) is 18.2 Å². The Balaban J connectivity index is 1.16. The van der Waals surface area contributed by atoms with Gasteiger partial charge in [-0.1, -0.05) is 54.6 Å². The van der Waals surface area contributed by atoms with Gasteiger partial charge in [0.2, 0.25) is 5.91 Å². The number of aromatic nitrogens is 2. The number of fused-ring (bicyclic) bond motifs is 4. The van der Waals surface area contributed by atoms with Gasteiger partial charge in [0.25, 0.3) is 5.91 Å². The lowest BCUT2D eigenvalue weighted by Gasteiger charge is -2.36. The second-order valence-corrected chi connectivity index (χ2v) is 16.9. The summed E-state index contributed by atoms with van der Waals surface area (Å²) >= 11 is 0. The molecule has 11 nitrogen and oxygen atoms in total. The molecular formula is C39H44N6O5S. The van der Waals surface area contributed by atoms with E-state index in [4.69, 9.17) is 14.7 Å². The maximum Gasteiger partial charge on any atom is 0.261 e. The third-order valence-corrected chi connectivity index (χ3v) is 13.0. The van der Waals surface area contributed by atoms with Gasteiger partial charge in [0, 0.05) is 62.2 Å². The van der Waals surface area contributed by atoms with Crippen LogP contribution in [0.4, 0.5) is 5.69 Å². The van der Waals surface area contributed by atoms with Crippen LogP contribution in [0.5, 0.6) is 0 Å². The second-order valence-electron chi connectivity index (χ2n) is 14.6. The van der Waals surface area contributed by atoms with Gasteiger partial charge in [-0.25, -0.2) is 13.4 Å². The van der Waals surface area contributed by atoms with Crippen molar-refractivity contribution in [2.24, 2.45) is 10.9 Å². The zero-order chi connectivity index (χ0) is 35.3. The number of carbonyl (C=O) groups excluding carboxylic acids is 2. The Morgan fingerprint density at radius 2 is 1.73 bits per heavy atom. The van der Waals surface area contributed by atoms with E-state index in [9.17, 15) is 18.0 Å². The Labute approximate surface area is 298 Å². The predicted octanol–water partition coefficient (Wildman–Crippen LogP) is 4.81. The van der Waals surface area contributed by atoms with Gasteiger partial charge in [0.1, 0.15) is 15.5 Å². The number of likely N-dealkylation sites (tertiary alicyclic amines) is 1. The fourth-order valence-corrected chi connectivity index (χ4v) is 9.48. The monoisotopic (exact) mass is 708 g/mol. The lowest BCUT2D eigenvalue weighted by Crippen LogP contribution is -2.52. The number of hydrogen-bond acceptors (Lipinski definition) is 8. The highest BCUT2D eigenvalue weighted by atomic mass is 32.2. The minimum atomic E-state index is -3.01. The number of ether oxygens (including phenoxy) is 1. The normalized spacial score (nSPS) is 22.0. The molecule has 4 aliphatic rings. The standard InChI is InChI=1S/C39H44N6O5S/c1-43-31-23-40-37-34(35(31)39(38(43)47)25-45(19-16-41-39)32(46)22-26-14-20-50-21-15-26)33(28-6-4-3-5-7-28)36(42-37)29-10-8-27(9-11-29)24-44-17-12-30(13-18-44)51(2,48)49/h3-11,16,23,26,30H,12-15,17-22,24-25H2,1-2H3,(H,40,42). The van der Waals surface area contributed by atoms with Crippen LogP contribution < -0.4 is 4.90 Å². The van der Waals surface area contributed by atoms with Gasteiger partial charge in [-0.3, -0.25) is 19.5 Å². The molecule has 1 unspecified atom stereocenters. The van der Waals surface area contributed by atoms with E-state index in [1.165, 1.54) is 6.26 Å². The molecule has 4 aromatic rings. The summed E-state index contributed by atoms with van der Waals surface area (Å²) in [5.74, 6) is 0.152. The van der Waals surface area contributed by atoms with Gasteiger partial charge in [-0.05, 0) is 61.4 Å². The molecule has 2 amide bonds. The number of pyridine rings is 1. The van der Waals surface area contributed by atoms with Crippen LogP contribution in [-0.2, 0) is 36.2 Å². The number of benzene rings is 2. The van der Waals surface area contributed by atoms with E-state index in [0.29, 0.717) is 50.4 Å². The molecule has 4 aliphatic heterocycles. The van der Waals surface area contributed by atoms with Crippen LogP contribution >= 0.6 is 0 Å². The quantitative estimate of drug-likeness (QED) is 0.292. The average molecular weight is 709 g/mol. The van der Waals surface area contributed by atoms with E-state index >= 15 is 0 Å². The minimum absolute atomic E-state index is 0.0412. The first kappa shape index (κ1) is 33.7.